The number of hydrogen-bond acceptors (Lipinski definition) is 3. The van der Waals surface area contributed by atoms with Crippen molar-refractivity contribution in [1.82, 2.24) is 9.80 Å². The summed E-state index contributed by atoms with van der Waals surface area (Å²) in [6.07, 6.45) is 6.20. The highest BCUT2D eigenvalue weighted by Gasteiger charge is 2.35. The van der Waals surface area contributed by atoms with Gasteiger partial charge in [-0.15, -0.1) is 0 Å². The number of hydrogen-bond donors (Lipinski definition) is 1. The van der Waals surface area contributed by atoms with E-state index >= 15 is 0 Å². The first-order valence-corrected chi connectivity index (χ1v) is 7.97. The highest BCUT2D eigenvalue weighted by Crippen LogP contribution is 2.22. The van der Waals surface area contributed by atoms with Crippen LogP contribution in [0, 0.1) is 0 Å². The molecule has 0 aromatic rings. The quantitative estimate of drug-likeness (QED) is 0.843. The molecule has 5 nitrogen and oxygen atoms in total. The van der Waals surface area contributed by atoms with E-state index in [0.717, 1.165) is 51.6 Å². The highest BCUT2D eigenvalue weighted by atomic mass is 16.2. The number of carbonyl (C=O) groups is 2. The fraction of sp³-hybridized carbons (Fsp3) is 0.867. The Balaban J connectivity index is 2.03. The van der Waals surface area contributed by atoms with Crippen molar-refractivity contribution in [2.45, 2.75) is 64.0 Å². The predicted octanol–water partition coefficient (Wildman–Crippen LogP) is 1.12. The molecule has 2 rings (SSSR count). The van der Waals surface area contributed by atoms with Gasteiger partial charge in [-0.2, -0.15) is 0 Å². The fourth-order valence-corrected chi connectivity index (χ4v) is 3.27. The number of carbonyl (C=O) groups excluding carboxylic acids is 2. The number of nitrogens with zero attached hydrogens (tertiary/aromatic N) is 2. The fourth-order valence-electron chi connectivity index (χ4n) is 3.27. The molecule has 0 saturated carbocycles. The van der Waals surface area contributed by atoms with Crippen LogP contribution in [0.25, 0.3) is 0 Å². The summed E-state index contributed by atoms with van der Waals surface area (Å²) in [4.78, 5) is 28.6. The lowest BCUT2D eigenvalue weighted by molar-refractivity contribution is -0.148. The Bertz CT molecular complexity index is 359. The molecule has 20 heavy (non-hydrogen) atoms. The molecule has 0 spiro atoms. The van der Waals surface area contributed by atoms with Crippen molar-refractivity contribution < 1.29 is 9.59 Å². The van der Waals surface area contributed by atoms with E-state index in [0.29, 0.717) is 13.0 Å². The molecule has 2 unspecified atom stereocenters. The van der Waals surface area contributed by atoms with Crippen molar-refractivity contribution in [3.8, 4) is 0 Å². The molecule has 2 saturated heterocycles. The molecule has 5 heteroatoms. The van der Waals surface area contributed by atoms with Crippen LogP contribution in [-0.4, -0.2) is 53.3 Å². The van der Waals surface area contributed by atoms with Crippen LogP contribution in [0.4, 0.5) is 0 Å². The number of piperidine rings is 2. The summed E-state index contributed by atoms with van der Waals surface area (Å²) in [7, 11) is 0. The molecule has 2 N–H and O–H groups in total. The summed E-state index contributed by atoms with van der Waals surface area (Å²) < 4.78 is 0. The van der Waals surface area contributed by atoms with Crippen LogP contribution in [0.2, 0.25) is 0 Å². The minimum atomic E-state index is -0.243. The monoisotopic (exact) mass is 281 g/mol. The van der Waals surface area contributed by atoms with Crippen LogP contribution >= 0.6 is 0 Å². The number of rotatable bonds is 3. The van der Waals surface area contributed by atoms with Gasteiger partial charge in [0.05, 0.1) is 0 Å². The molecule has 2 fully saturated rings. The standard InChI is InChI=1S/C15H27N3O2/c1-2-6-14(19)18-10-4-3-8-13(18)15(20)17-9-5-7-12(16)11-17/h12-13H,2-11,16H2,1H3. The molecule has 114 valence electrons. The van der Waals surface area contributed by atoms with Gasteiger partial charge in [0.15, 0.2) is 0 Å². The molecule has 0 radical (unpaired) electrons. The van der Waals surface area contributed by atoms with Crippen molar-refractivity contribution in [2.24, 2.45) is 5.73 Å². The van der Waals surface area contributed by atoms with E-state index in [-0.39, 0.29) is 23.9 Å². The van der Waals surface area contributed by atoms with Gasteiger partial charge < -0.3 is 15.5 Å². The van der Waals surface area contributed by atoms with Gasteiger partial charge in [0.2, 0.25) is 11.8 Å². The lowest BCUT2D eigenvalue weighted by atomic mass is 9.98. The summed E-state index contributed by atoms with van der Waals surface area (Å²) in [5.41, 5.74) is 5.96. The Morgan fingerprint density at radius 2 is 1.95 bits per heavy atom. The Labute approximate surface area is 121 Å². The molecule has 0 aromatic carbocycles. The van der Waals surface area contributed by atoms with Crippen molar-refractivity contribution >= 4 is 11.8 Å². The van der Waals surface area contributed by atoms with E-state index in [1.165, 1.54) is 0 Å². The average Bonchev–Trinajstić information content (AvgIpc) is 2.47. The van der Waals surface area contributed by atoms with Gasteiger partial charge in [0.1, 0.15) is 6.04 Å². The lowest BCUT2D eigenvalue weighted by Crippen LogP contribution is -2.56. The zero-order valence-electron chi connectivity index (χ0n) is 12.5. The lowest BCUT2D eigenvalue weighted by Gasteiger charge is -2.40. The van der Waals surface area contributed by atoms with Crippen LogP contribution in [-0.2, 0) is 9.59 Å². The molecule has 0 bridgehead atoms. The van der Waals surface area contributed by atoms with Crippen molar-refractivity contribution in [3.05, 3.63) is 0 Å². The molecular formula is C15H27N3O2. The van der Waals surface area contributed by atoms with E-state index < -0.39 is 0 Å². The summed E-state index contributed by atoms with van der Waals surface area (Å²) in [6.45, 7) is 4.17. The maximum Gasteiger partial charge on any atom is 0.245 e. The van der Waals surface area contributed by atoms with Crippen LogP contribution in [0.5, 0.6) is 0 Å². The third-order valence-electron chi connectivity index (χ3n) is 4.34. The van der Waals surface area contributed by atoms with E-state index in [1.807, 2.05) is 16.7 Å². The van der Waals surface area contributed by atoms with Crippen molar-refractivity contribution in [2.75, 3.05) is 19.6 Å². The predicted molar refractivity (Wildman–Crippen MR) is 78.0 cm³/mol. The summed E-state index contributed by atoms with van der Waals surface area (Å²) in [6, 6.07) is -0.149. The van der Waals surface area contributed by atoms with Gasteiger partial charge in [0, 0.05) is 32.1 Å². The molecule has 2 amide bonds. The third-order valence-corrected chi connectivity index (χ3v) is 4.34. The molecule has 2 heterocycles. The van der Waals surface area contributed by atoms with Crippen molar-refractivity contribution in [3.63, 3.8) is 0 Å². The third kappa shape index (κ3) is 3.51. The Kier molecular flexibility index (Phi) is 5.40. The number of amides is 2. The highest BCUT2D eigenvalue weighted by molar-refractivity contribution is 5.88. The molecule has 0 aromatic heterocycles. The number of nitrogens with two attached hydrogens (primary N) is 1. The Morgan fingerprint density at radius 3 is 2.65 bits per heavy atom. The minimum Gasteiger partial charge on any atom is -0.339 e. The summed E-state index contributed by atoms with van der Waals surface area (Å²) in [5.74, 6) is 0.246. The summed E-state index contributed by atoms with van der Waals surface area (Å²) in [5, 5.41) is 0. The van der Waals surface area contributed by atoms with Gasteiger partial charge in [-0.3, -0.25) is 9.59 Å². The van der Waals surface area contributed by atoms with E-state index in [2.05, 4.69) is 0 Å². The second kappa shape index (κ2) is 7.07. The van der Waals surface area contributed by atoms with Crippen LogP contribution in [0.1, 0.15) is 51.9 Å². The first-order chi connectivity index (χ1) is 9.63. The van der Waals surface area contributed by atoms with Crippen LogP contribution in [0.15, 0.2) is 0 Å². The second-order valence-corrected chi connectivity index (χ2v) is 6.04. The van der Waals surface area contributed by atoms with E-state index in [9.17, 15) is 9.59 Å². The Hall–Kier alpha value is -1.10. The van der Waals surface area contributed by atoms with E-state index in [4.69, 9.17) is 5.73 Å². The minimum absolute atomic E-state index is 0.0936. The van der Waals surface area contributed by atoms with Gasteiger partial charge in [-0.05, 0) is 38.5 Å². The van der Waals surface area contributed by atoms with Gasteiger partial charge in [0.25, 0.3) is 0 Å². The SMILES string of the molecule is CCCC(=O)N1CCCCC1C(=O)N1CCCC(N)C1. The number of likely N-dealkylation sites (tertiary alicyclic amines) is 2. The van der Waals surface area contributed by atoms with Gasteiger partial charge in [-0.1, -0.05) is 6.92 Å². The second-order valence-electron chi connectivity index (χ2n) is 6.04. The zero-order chi connectivity index (χ0) is 14.5. The topological polar surface area (TPSA) is 66.6 Å². The maximum absolute atomic E-state index is 12.7. The first-order valence-electron chi connectivity index (χ1n) is 7.97. The smallest absolute Gasteiger partial charge is 0.245 e. The van der Waals surface area contributed by atoms with Crippen LogP contribution < -0.4 is 5.73 Å². The molecule has 2 aliphatic heterocycles. The largest absolute Gasteiger partial charge is 0.339 e. The molecule has 2 atom stereocenters. The molecule has 0 aliphatic carbocycles. The summed E-state index contributed by atoms with van der Waals surface area (Å²) >= 11 is 0. The first kappa shape index (κ1) is 15.3. The van der Waals surface area contributed by atoms with Crippen molar-refractivity contribution in [1.29, 1.82) is 0 Å². The average molecular weight is 281 g/mol. The van der Waals surface area contributed by atoms with E-state index in [1.54, 1.807) is 0 Å². The Morgan fingerprint density at radius 1 is 1.15 bits per heavy atom. The zero-order valence-corrected chi connectivity index (χ0v) is 12.5. The molecular weight excluding hydrogens is 254 g/mol. The van der Waals surface area contributed by atoms with Gasteiger partial charge in [-0.25, -0.2) is 0 Å². The van der Waals surface area contributed by atoms with Crippen LogP contribution in [0.3, 0.4) is 0 Å². The maximum atomic E-state index is 12.7. The van der Waals surface area contributed by atoms with Gasteiger partial charge >= 0.3 is 0 Å². The normalized spacial score (nSPS) is 27.5. The molecule has 2 aliphatic rings.